The smallest absolute Gasteiger partial charge is 0.265 e. The Kier molecular flexibility index (Phi) is 4.12. The van der Waals surface area contributed by atoms with Gasteiger partial charge in [0.2, 0.25) is 0 Å². The Morgan fingerprint density at radius 2 is 2.04 bits per heavy atom. The largest absolute Gasteiger partial charge is 0.496 e. The summed E-state index contributed by atoms with van der Waals surface area (Å²) in [6.07, 6.45) is -0.533. The highest BCUT2D eigenvalue weighted by molar-refractivity contribution is 6.07. The maximum absolute atomic E-state index is 12.5. The van der Waals surface area contributed by atoms with E-state index in [1.54, 1.807) is 37.3 Å². The predicted molar refractivity (Wildman–Crippen MR) is 90.8 cm³/mol. The number of ether oxygens (including phenoxy) is 2. The Labute approximate surface area is 139 Å². The van der Waals surface area contributed by atoms with Gasteiger partial charge in [0.15, 0.2) is 6.10 Å². The summed E-state index contributed by atoms with van der Waals surface area (Å²) in [5, 5.41) is 5.57. The lowest BCUT2D eigenvalue weighted by Crippen LogP contribution is -2.34. The summed E-state index contributed by atoms with van der Waals surface area (Å²) in [5.41, 5.74) is 2.50. The second-order valence-corrected chi connectivity index (χ2v) is 5.62. The third kappa shape index (κ3) is 3.03. The Morgan fingerprint density at radius 1 is 1.25 bits per heavy atom. The number of aryl methyl sites for hydroxylation is 1. The first-order valence-electron chi connectivity index (χ1n) is 7.55. The van der Waals surface area contributed by atoms with Crippen LogP contribution in [0.5, 0.6) is 11.5 Å². The lowest BCUT2D eigenvalue weighted by Gasteiger charge is -2.23. The number of amides is 2. The standard InChI is InChI=1S/C18H18N2O4/c1-10-4-6-15(23-3)13(8-10)18(22)19-12-5-7-16-14(9-12)20-17(21)11(2)24-16/h4-9,11H,1-3H3,(H,19,22)(H,20,21)/t11-/m1/s1. The van der Waals surface area contributed by atoms with Crippen molar-refractivity contribution in [3.8, 4) is 11.5 Å². The van der Waals surface area contributed by atoms with Gasteiger partial charge in [-0.2, -0.15) is 0 Å². The van der Waals surface area contributed by atoms with E-state index in [1.807, 2.05) is 13.0 Å². The fourth-order valence-electron chi connectivity index (χ4n) is 2.48. The normalized spacial score (nSPS) is 15.8. The molecule has 0 bridgehead atoms. The molecular weight excluding hydrogens is 308 g/mol. The van der Waals surface area contributed by atoms with Crippen LogP contribution in [0.25, 0.3) is 0 Å². The molecule has 0 radical (unpaired) electrons. The van der Waals surface area contributed by atoms with E-state index in [0.717, 1.165) is 5.56 Å². The average molecular weight is 326 g/mol. The zero-order valence-electron chi connectivity index (χ0n) is 13.7. The van der Waals surface area contributed by atoms with Gasteiger partial charge in [-0.25, -0.2) is 0 Å². The minimum absolute atomic E-state index is 0.216. The van der Waals surface area contributed by atoms with Crippen molar-refractivity contribution >= 4 is 23.2 Å². The molecule has 6 heteroatoms. The Hall–Kier alpha value is -3.02. The van der Waals surface area contributed by atoms with Gasteiger partial charge >= 0.3 is 0 Å². The Balaban J connectivity index is 1.84. The topological polar surface area (TPSA) is 76.7 Å². The van der Waals surface area contributed by atoms with Crippen LogP contribution in [0.3, 0.4) is 0 Å². The summed E-state index contributed by atoms with van der Waals surface area (Å²) in [6.45, 7) is 3.58. The third-order valence-electron chi connectivity index (χ3n) is 3.77. The van der Waals surface area contributed by atoms with Crippen molar-refractivity contribution in [3.05, 3.63) is 47.5 Å². The number of carbonyl (C=O) groups excluding carboxylic acids is 2. The lowest BCUT2D eigenvalue weighted by molar-refractivity contribution is -0.122. The molecule has 0 aliphatic carbocycles. The first-order chi connectivity index (χ1) is 11.5. The molecule has 0 unspecified atom stereocenters. The highest BCUT2D eigenvalue weighted by atomic mass is 16.5. The molecular formula is C18H18N2O4. The van der Waals surface area contributed by atoms with Gasteiger partial charge in [0, 0.05) is 5.69 Å². The number of nitrogens with one attached hydrogen (secondary N) is 2. The van der Waals surface area contributed by atoms with Gasteiger partial charge in [-0.3, -0.25) is 9.59 Å². The molecule has 2 aromatic carbocycles. The van der Waals surface area contributed by atoms with Gasteiger partial charge in [-0.05, 0) is 44.2 Å². The van der Waals surface area contributed by atoms with Crippen LogP contribution in [0, 0.1) is 6.92 Å². The molecule has 2 N–H and O–H groups in total. The van der Waals surface area contributed by atoms with Crippen LogP contribution in [-0.2, 0) is 4.79 Å². The summed E-state index contributed by atoms with van der Waals surface area (Å²) in [6, 6.07) is 10.5. The molecule has 0 saturated carbocycles. The first kappa shape index (κ1) is 15.9. The van der Waals surface area contributed by atoms with Crippen LogP contribution in [0.4, 0.5) is 11.4 Å². The van der Waals surface area contributed by atoms with Gasteiger partial charge < -0.3 is 20.1 Å². The molecule has 124 valence electrons. The number of anilines is 2. The molecule has 3 rings (SSSR count). The second kappa shape index (κ2) is 6.23. The molecule has 1 aliphatic rings. The quantitative estimate of drug-likeness (QED) is 0.909. The van der Waals surface area contributed by atoms with Crippen LogP contribution >= 0.6 is 0 Å². The fourth-order valence-corrected chi connectivity index (χ4v) is 2.48. The monoisotopic (exact) mass is 326 g/mol. The molecule has 1 heterocycles. The number of carbonyl (C=O) groups is 2. The van der Waals surface area contributed by atoms with Crippen molar-refractivity contribution in [2.45, 2.75) is 20.0 Å². The number of hydrogen-bond donors (Lipinski definition) is 2. The predicted octanol–water partition coefficient (Wildman–Crippen LogP) is 2.98. The summed E-state index contributed by atoms with van der Waals surface area (Å²) < 4.78 is 10.7. The van der Waals surface area contributed by atoms with Crippen molar-refractivity contribution in [2.24, 2.45) is 0 Å². The van der Waals surface area contributed by atoms with E-state index >= 15 is 0 Å². The first-order valence-corrected chi connectivity index (χ1v) is 7.55. The average Bonchev–Trinajstić information content (AvgIpc) is 2.56. The molecule has 0 spiro atoms. The van der Waals surface area contributed by atoms with Crippen LogP contribution in [-0.4, -0.2) is 25.0 Å². The van der Waals surface area contributed by atoms with Crippen molar-refractivity contribution in [1.29, 1.82) is 0 Å². The minimum atomic E-state index is -0.533. The van der Waals surface area contributed by atoms with Gasteiger partial charge in [0.25, 0.3) is 11.8 Å². The summed E-state index contributed by atoms with van der Waals surface area (Å²) >= 11 is 0. The molecule has 2 aromatic rings. The van der Waals surface area contributed by atoms with Gasteiger partial charge in [0.05, 0.1) is 18.4 Å². The zero-order valence-corrected chi connectivity index (χ0v) is 13.7. The minimum Gasteiger partial charge on any atom is -0.496 e. The molecule has 0 fully saturated rings. The van der Waals surface area contributed by atoms with E-state index in [-0.39, 0.29) is 11.8 Å². The van der Waals surface area contributed by atoms with E-state index in [1.165, 1.54) is 7.11 Å². The van der Waals surface area contributed by atoms with E-state index in [2.05, 4.69) is 10.6 Å². The molecule has 1 aliphatic heterocycles. The number of methoxy groups -OCH3 is 1. The molecule has 24 heavy (non-hydrogen) atoms. The summed E-state index contributed by atoms with van der Waals surface area (Å²) in [5.74, 6) is 0.577. The van der Waals surface area contributed by atoms with Crippen molar-refractivity contribution in [2.75, 3.05) is 17.7 Å². The number of fused-ring (bicyclic) bond motifs is 1. The van der Waals surface area contributed by atoms with Crippen molar-refractivity contribution < 1.29 is 19.1 Å². The van der Waals surface area contributed by atoms with E-state index in [0.29, 0.717) is 28.4 Å². The summed E-state index contributed by atoms with van der Waals surface area (Å²) in [7, 11) is 1.52. The second-order valence-electron chi connectivity index (χ2n) is 5.62. The highest BCUT2D eigenvalue weighted by Gasteiger charge is 2.24. The van der Waals surface area contributed by atoms with E-state index < -0.39 is 6.10 Å². The maximum Gasteiger partial charge on any atom is 0.265 e. The number of benzene rings is 2. The molecule has 6 nitrogen and oxygen atoms in total. The van der Waals surface area contributed by atoms with Crippen molar-refractivity contribution in [1.82, 2.24) is 0 Å². The van der Waals surface area contributed by atoms with Gasteiger partial charge in [-0.15, -0.1) is 0 Å². The highest BCUT2D eigenvalue weighted by Crippen LogP contribution is 2.32. The maximum atomic E-state index is 12.5. The molecule has 2 amide bonds. The van der Waals surface area contributed by atoms with Crippen LogP contribution < -0.4 is 20.1 Å². The fraction of sp³-hybridized carbons (Fsp3) is 0.222. The summed E-state index contributed by atoms with van der Waals surface area (Å²) in [4.78, 5) is 24.2. The van der Waals surface area contributed by atoms with Crippen LogP contribution in [0.2, 0.25) is 0 Å². The van der Waals surface area contributed by atoms with Crippen molar-refractivity contribution in [3.63, 3.8) is 0 Å². The zero-order chi connectivity index (χ0) is 17.3. The molecule has 1 atom stereocenters. The Bertz CT molecular complexity index is 817. The lowest BCUT2D eigenvalue weighted by atomic mass is 10.1. The van der Waals surface area contributed by atoms with Crippen LogP contribution in [0.15, 0.2) is 36.4 Å². The van der Waals surface area contributed by atoms with Gasteiger partial charge in [0.1, 0.15) is 11.5 Å². The Morgan fingerprint density at radius 3 is 2.79 bits per heavy atom. The molecule has 0 aromatic heterocycles. The van der Waals surface area contributed by atoms with E-state index in [9.17, 15) is 9.59 Å². The van der Waals surface area contributed by atoms with E-state index in [4.69, 9.17) is 9.47 Å². The number of rotatable bonds is 3. The number of hydrogen-bond acceptors (Lipinski definition) is 4. The molecule has 0 saturated heterocycles. The third-order valence-corrected chi connectivity index (χ3v) is 3.77. The van der Waals surface area contributed by atoms with Gasteiger partial charge in [-0.1, -0.05) is 11.6 Å². The van der Waals surface area contributed by atoms with Crippen LogP contribution in [0.1, 0.15) is 22.8 Å². The SMILES string of the molecule is COc1ccc(C)cc1C(=O)Nc1ccc2c(c1)NC(=O)[C@@H](C)O2.